The maximum Gasteiger partial charge on any atom is 0.407 e. The summed E-state index contributed by atoms with van der Waals surface area (Å²) in [5.74, 6) is -1.31. The molecule has 240 valence electrons. The van der Waals surface area contributed by atoms with Gasteiger partial charge in [-0.2, -0.15) is 0 Å². The molecule has 0 bridgehead atoms. The lowest BCUT2D eigenvalue weighted by Gasteiger charge is -2.58. The maximum absolute atomic E-state index is 12.3. The molecule has 0 radical (unpaired) electrons. The number of hydrogen-bond donors (Lipinski definition) is 4. The number of aliphatic carboxylic acids is 1. The largest absolute Gasteiger partial charge is 0.481 e. The third-order valence-corrected chi connectivity index (χ3v) is 11.3. The van der Waals surface area contributed by atoms with Gasteiger partial charge in [-0.1, -0.05) is 62.8 Å². The van der Waals surface area contributed by atoms with Crippen LogP contribution in [0.15, 0.2) is 47.6 Å². The Morgan fingerprint density at radius 2 is 1.75 bits per heavy atom. The van der Waals surface area contributed by atoms with Crippen molar-refractivity contribution in [2.24, 2.45) is 22.7 Å². The number of fused-ring (bicyclic) bond motifs is 4. The summed E-state index contributed by atoms with van der Waals surface area (Å²) >= 11 is 0. The van der Waals surface area contributed by atoms with E-state index in [9.17, 15) is 19.8 Å². The number of carboxylic acid groups (broad SMARTS) is 1. The molecule has 1 amide bonds. The topological polar surface area (TPSA) is 135 Å². The first-order valence-electron chi connectivity index (χ1n) is 16.0. The normalized spacial score (nSPS) is 36.7. The van der Waals surface area contributed by atoms with Gasteiger partial charge in [0.2, 0.25) is 0 Å². The van der Waals surface area contributed by atoms with Crippen LogP contribution in [0.25, 0.3) is 0 Å². The fourth-order valence-corrected chi connectivity index (χ4v) is 8.54. The molecule has 1 aromatic carbocycles. The van der Waals surface area contributed by atoms with Crippen LogP contribution in [0.4, 0.5) is 4.79 Å². The van der Waals surface area contributed by atoms with E-state index in [-0.39, 0.29) is 48.2 Å². The van der Waals surface area contributed by atoms with Crippen LogP contribution >= 0.6 is 0 Å². The van der Waals surface area contributed by atoms with Crippen molar-refractivity contribution in [1.82, 2.24) is 5.32 Å². The number of benzene rings is 1. The molecule has 4 N–H and O–H groups in total. The summed E-state index contributed by atoms with van der Waals surface area (Å²) in [6, 6.07) is 8.06. The standard InChI is InChI=1S/C35H47NO8/c1-31(2)20-43-35(44-21-31)15-11-27-29-24(9-14-34(27,41)19-35)26-10-13-33(4,40)32(26,3)17-25(29)23-7-5-22(6-8-23)18-42-30(39)36-16-12-28(37)38/h5-8,10,13,24-26,40-41H,9,11-12,14-21H2,1-4H3,(H,36,39)(H,37,38)/t24?,25-,26?,32+,33+,34-/m1/s1. The summed E-state index contributed by atoms with van der Waals surface area (Å²) < 4.78 is 18.0. The van der Waals surface area contributed by atoms with Crippen LogP contribution in [0.5, 0.6) is 0 Å². The molecule has 9 heteroatoms. The Morgan fingerprint density at radius 1 is 1.05 bits per heavy atom. The number of ether oxygens (including phenoxy) is 3. The Morgan fingerprint density at radius 3 is 2.43 bits per heavy atom. The second-order valence-electron chi connectivity index (χ2n) is 15.0. The van der Waals surface area contributed by atoms with Crippen LogP contribution in [0.3, 0.4) is 0 Å². The Hall–Kier alpha value is -2.72. The molecule has 9 nitrogen and oxygen atoms in total. The SMILES string of the molecule is CC1(C)COC2(CCC3=C4C(CC[C@@]3(O)C2)C2C=C[C@](C)(O)[C@@]2(C)C[C@@H]4c2ccc(COC(=O)NCCC(=O)O)cc2)OC1. The van der Waals surface area contributed by atoms with Crippen LogP contribution in [0.1, 0.15) is 89.7 Å². The number of carbonyl (C=O) groups is 2. The number of nitrogens with one attached hydrogen (secondary N) is 1. The van der Waals surface area contributed by atoms with Crippen LogP contribution in [0, 0.1) is 22.7 Å². The molecule has 1 heterocycles. The van der Waals surface area contributed by atoms with Crippen molar-refractivity contribution in [1.29, 1.82) is 0 Å². The van der Waals surface area contributed by atoms with E-state index in [0.717, 1.165) is 29.5 Å². The van der Waals surface area contributed by atoms with Gasteiger partial charge in [0.05, 0.1) is 30.8 Å². The lowest BCUT2D eigenvalue weighted by atomic mass is 9.49. The first-order valence-corrected chi connectivity index (χ1v) is 16.0. The van der Waals surface area contributed by atoms with Crippen molar-refractivity contribution >= 4 is 12.1 Å². The fourth-order valence-electron chi connectivity index (χ4n) is 8.54. The van der Waals surface area contributed by atoms with Gasteiger partial charge in [-0.05, 0) is 61.1 Å². The number of allylic oxidation sites excluding steroid dienone is 2. The molecule has 6 rings (SSSR count). The van der Waals surface area contributed by atoms with E-state index in [0.29, 0.717) is 38.9 Å². The third-order valence-electron chi connectivity index (χ3n) is 11.3. The van der Waals surface area contributed by atoms with Crippen molar-refractivity contribution in [2.45, 2.75) is 102 Å². The van der Waals surface area contributed by atoms with E-state index in [2.05, 4.69) is 44.3 Å². The number of rotatable bonds is 6. The van der Waals surface area contributed by atoms with Crippen LogP contribution in [-0.4, -0.2) is 64.1 Å². The lowest BCUT2D eigenvalue weighted by Crippen LogP contribution is -2.58. The van der Waals surface area contributed by atoms with Gasteiger partial charge in [-0.15, -0.1) is 0 Å². The summed E-state index contributed by atoms with van der Waals surface area (Å²) in [5.41, 5.74) is 2.06. The Kier molecular flexibility index (Phi) is 7.79. The molecule has 2 unspecified atom stereocenters. The zero-order valence-corrected chi connectivity index (χ0v) is 26.4. The lowest BCUT2D eigenvalue weighted by molar-refractivity contribution is -0.322. The molecule has 2 saturated carbocycles. The van der Waals surface area contributed by atoms with Gasteiger partial charge in [0.1, 0.15) is 6.61 Å². The summed E-state index contributed by atoms with van der Waals surface area (Å²) in [4.78, 5) is 22.7. The van der Waals surface area contributed by atoms with E-state index in [4.69, 9.17) is 19.3 Å². The monoisotopic (exact) mass is 609 g/mol. The zero-order valence-electron chi connectivity index (χ0n) is 26.4. The number of alkyl carbamates (subject to hydrolysis) is 1. The van der Waals surface area contributed by atoms with Gasteiger partial charge in [-0.3, -0.25) is 4.79 Å². The van der Waals surface area contributed by atoms with E-state index >= 15 is 0 Å². The smallest absolute Gasteiger partial charge is 0.407 e. The highest BCUT2D eigenvalue weighted by atomic mass is 16.7. The van der Waals surface area contributed by atoms with E-state index in [1.807, 2.05) is 25.1 Å². The Balaban J connectivity index is 1.28. The molecule has 6 atom stereocenters. The molecular formula is C35H47NO8. The molecule has 1 spiro atoms. The minimum atomic E-state index is -0.996. The van der Waals surface area contributed by atoms with E-state index < -0.39 is 29.1 Å². The molecule has 1 aromatic rings. The molecule has 44 heavy (non-hydrogen) atoms. The average molecular weight is 610 g/mol. The summed E-state index contributed by atoms with van der Waals surface area (Å²) in [6.07, 6.45) is 7.46. The second kappa shape index (κ2) is 11.0. The molecule has 5 aliphatic rings. The molecule has 0 aromatic heterocycles. The first-order chi connectivity index (χ1) is 20.7. The number of carbonyl (C=O) groups excluding carboxylic acids is 1. The van der Waals surface area contributed by atoms with Crippen LogP contribution in [0.2, 0.25) is 0 Å². The summed E-state index contributed by atoms with van der Waals surface area (Å²) in [6.45, 7) is 9.70. The van der Waals surface area contributed by atoms with Crippen LogP contribution < -0.4 is 5.32 Å². The number of hydrogen-bond acceptors (Lipinski definition) is 7. The fraction of sp³-hybridized carbons (Fsp3) is 0.657. The summed E-state index contributed by atoms with van der Waals surface area (Å²) in [5, 5.41) is 35.1. The number of aliphatic hydroxyl groups is 2. The number of carboxylic acids is 1. The minimum Gasteiger partial charge on any atom is -0.481 e. The summed E-state index contributed by atoms with van der Waals surface area (Å²) in [7, 11) is 0. The quantitative estimate of drug-likeness (QED) is 0.323. The minimum absolute atomic E-state index is 0.00942. The highest BCUT2D eigenvalue weighted by Crippen LogP contribution is 2.66. The second-order valence-corrected chi connectivity index (χ2v) is 15.0. The molecule has 1 aliphatic heterocycles. The molecule has 1 saturated heterocycles. The molecule has 3 fully saturated rings. The highest BCUT2D eigenvalue weighted by Gasteiger charge is 2.62. The van der Waals surface area contributed by atoms with Gasteiger partial charge in [0, 0.05) is 36.1 Å². The average Bonchev–Trinajstić information content (AvgIpc) is 3.21. The van der Waals surface area contributed by atoms with Crippen molar-refractivity contribution in [3.8, 4) is 0 Å². The number of amides is 1. The van der Waals surface area contributed by atoms with Crippen molar-refractivity contribution < 1.29 is 39.1 Å². The predicted molar refractivity (Wildman–Crippen MR) is 163 cm³/mol. The van der Waals surface area contributed by atoms with Gasteiger partial charge >= 0.3 is 12.1 Å². The van der Waals surface area contributed by atoms with Crippen molar-refractivity contribution in [3.05, 3.63) is 58.7 Å². The van der Waals surface area contributed by atoms with E-state index in [1.54, 1.807) is 0 Å². The van der Waals surface area contributed by atoms with Crippen molar-refractivity contribution in [3.63, 3.8) is 0 Å². The maximum atomic E-state index is 12.3. The Bertz CT molecular complexity index is 1350. The van der Waals surface area contributed by atoms with Crippen LogP contribution in [-0.2, 0) is 25.6 Å². The predicted octanol–water partition coefficient (Wildman–Crippen LogP) is 5.21. The van der Waals surface area contributed by atoms with E-state index in [1.165, 1.54) is 5.57 Å². The van der Waals surface area contributed by atoms with Gasteiger partial charge in [0.25, 0.3) is 0 Å². The Labute approximate surface area is 259 Å². The third kappa shape index (κ3) is 5.50. The highest BCUT2D eigenvalue weighted by molar-refractivity contribution is 5.70. The van der Waals surface area contributed by atoms with Gasteiger partial charge < -0.3 is 34.8 Å². The van der Waals surface area contributed by atoms with Gasteiger partial charge in [0.15, 0.2) is 5.79 Å². The molecule has 4 aliphatic carbocycles. The molecular weight excluding hydrogens is 562 g/mol. The first kappa shape index (κ1) is 31.3. The van der Waals surface area contributed by atoms with Crippen molar-refractivity contribution in [2.75, 3.05) is 19.8 Å². The zero-order chi connectivity index (χ0) is 31.5. The van der Waals surface area contributed by atoms with Gasteiger partial charge in [-0.25, -0.2) is 4.79 Å².